The molecule has 0 fully saturated rings. The first-order valence-electron chi connectivity index (χ1n) is 10.1. The Labute approximate surface area is 191 Å². The predicted molar refractivity (Wildman–Crippen MR) is 112 cm³/mol. The minimum absolute atomic E-state index is 0.00851. The molecule has 2 aromatic carbocycles. The molecule has 12 heteroatoms. The fourth-order valence-electron chi connectivity index (χ4n) is 3.04. The van der Waals surface area contributed by atoms with Crippen LogP contribution in [-0.4, -0.2) is 49.5 Å². The van der Waals surface area contributed by atoms with Crippen molar-refractivity contribution in [1.82, 2.24) is 5.32 Å². The number of amides is 3. The smallest absolute Gasteiger partial charge is 0.308 e. The van der Waals surface area contributed by atoms with Crippen LogP contribution in [0.5, 0.6) is 5.75 Å². The molecule has 1 atom stereocenters. The third-order valence-electron chi connectivity index (χ3n) is 4.76. The zero-order valence-electron chi connectivity index (χ0n) is 17.9. The normalized spacial score (nSPS) is 13.4. The van der Waals surface area contributed by atoms with Crippen LogP contribution < -0.4 is 20.3 Å². The lowest BCUT2D eigenvalue weighted by atomic mass is 10.2. The number of nitrogens with zero attached hydrogens (tertiary/aromatic N) is 1. The van der Waals surface area contributed by atoms with Crippen LogP contribution in [0.2, 0.25) is 0 Å². The molecule has 180 valence electrons. The summed E-state index contributed by atoms with van der Waals surface area (Å²) < 4.78 is 50.1. The van der Waals surface area contributed by atoms with E-state index in [1.807, 2.05) is 5.32 Å². The molecular formula is C22H20F3N3O6. The molecule has 3 amide bonds. The summed E-state index contributed by atoms with van der Waals surface area (Å²) in [6.45, 7) is 0.476. The summed E-state index contributed by atoms with van der Waals surface area (Å²) in [5, 5.41) is 4.17. The molecule has 1 heterocycles. The molecule has 0 spiro atoms. The quantitative estimate of drug-likeness (QED) is 0.442. The SMILES string of the molecule is C[C@@H](OC(=O)CCN1C(=O)COc2ccccc21)C(=O)NCC(=O)Nc1ccc(F)c(F)c1F. The first-order valence-corrected chi connectivity index (χ1v) is 10.1. The molecule has 0 radical (unpaired) electrons. The highest BCUT2D eigenvalue weighted by Gasteiger charge is 2.26. The summed E-state index contributed by atoms with van der Waals surface area (Å²) in [6.07, 6.45) is -1.47. The Balaban J connectivity index is 1.44. The fourth-order valence-corrected chi connectivity index (χ4v) is 3.04. The zero-order chi connectivity index (χ0) is 24.8. The van der Waals surface area contributed by atoms with E-state index in [2.05, 4.69) is 5.32 Å². The zero-order valence-corrected chi connectivity index (χ0v) is 17.9. The molecular weight excluding hydrogens is 459 g/mol. The van der Waals surface area contributed by atoms with E-state index in [1.54, 1.807) is 24.3 Å². The number of carbonyl (C=O) groups excluding carboxylic acids is 4. The monoisotopic (exact) mass is 479 g/mol. The molecule has 2 aromatic rings. The number of hydrogen-bond donors (Lipinski definition) is 2. The molecule has 34 heavy (non-hydrogen) atoms. The summed E-state index contributed by atoms with van der Waals surface area (Å²) in [6, 6.07) is 8.29. The average Bonchev–Trinajstić information content (AvgIpc) is 2.82. The van der Waals surface area contributed by atoms with Gasteiger partial charge in [0.05, 0.1) is 24.3 Å². The van der Waals surface area contributed by atoms with Crippen LogP contribution in [0.15, 0.2) is 36.4 Å². The number of anilines is 2. The van der Waals surface area contributed by atoms with Crippen LogP contribution >= 0.6 is 0 Å². The highest BCUT2D eigenvalue weighted by Crippen LogP contribution is 2.31. The lowest BCUT2D eigenvalue weighted by molar-refractivity contribution is -0.154. The van der Waals surface area contributed by atoms with Crippen LogP contribution in [-0.2, 0) is 23.9 Å². The summed E-state index contributed by atoms with van der Waals surface area (Å²) in [5.74, 6) is -7.06. The molecule has 0 saturated carbocycles. The van der Waals surface area contributed by atoms with Crippen molar-refractivity contribution < 1.29 is 41.8 Å². The number of benzene rings is 2. The Kier molecular flexibility index (Phi) is 7.71. The number of ether oxygens (including phenoxy) is 2. The van der Waals surface area contributed by atoms with Crippen LogP contribution in [0, 0.1) is 17.5 Å². The van der Waals surface area contributed by atoms with Crippen molar-refractivity contribution in [1.29, 1.82) is 0 Å². The number of halogens is 3. The predicted octanol–water partition coefficient (Wildman–Crippen LogP) is 1.91. The van der Waals surface area contributed by atoms with E-state index in [4.69, 9.17) is 9.47 Å². The van der Waals surface area contributed by atoms with Gasteiger partial charge in [0.15, 0.2) is 30.2 Å². The average molecular weight is 479 g/mol. The first kappa shape index (κ1) is 24.6. The van der Waals surface area contributed by atoms with E-state index >= 15 is 0 Å². The van der Waals surface area contributed by atoms with Crippen molar-refractivity contribution in [3.05, 3.63) is 53.8 Å². The van der Waals surface area contributed by atoms with Gasteiger partial charge in [-0.25, -0.2) is 13.2 Å². The molecule has 1 aliphatic heterocycles. The van der Waals surface area contributed by atoms with Crippen molar-refractivity contribution >= 4 is 35.1 Å². The lowest BCUT2D eigenvalue weighted by Gasteiger charge is -2.29. The molecule has 0 aromatic heterocycles. The van der Waals surface area contributed by atoms with Gasteiger partial charge in [0.1, 0.15) is 5.75 Å². The van der Waals surface area contributed by atoms with E-state index < -0.39 is 53.6 Å². The van der Waals surface area contributed by atoms with Gasteiger partial charge in [0.2, 0.25) is 5.91 Å². The third kappa shape index (κ3) is 5.82. The molecule has 0 bridgehead atoms. The van der Waals surface area contributed by atoms with Crippen molar-refractivity contribution in [2.75, 3.05) is 29.9 Å². The maximum absolute atomic E-state index is 13.6. The van der Waals surface area contributed by atoms with Gasteiger partial charge in [-0.15, -0.1) is 0 Å². The van der Waals surface area contributed by atoms with Gasteiger partial charge in [0, 0.05) is 6.54 Å². The van der Waals surface area contributed by atoms with E-state index in [-0.39, 0.29) is 25.5 Å². The van der Waals surface area contributed by atoms with Crippen molar-refractivity contribution in [2.45, 2.75) is 19.4 Å². The third-order valence-corrected chi connectivity index (χ3v) is 4.76. The largest absolute Gasteiger partial charge is 0.482 e. The van der Waals surface area contributed by atoms with Gasteiger partial charge in [-0.3, -0.25) is 19.2 Å². The highest BCUT2D eigenvalue weighted by atomic mass is 19.2. The summed E-state index contributed by atoms with van der Waals surface area (Å²) >= 11 is 0. The summed E-state index contributed by atoms with van der Waals surface area (Å²) in [7, 11) is 0. The van der Waals surface area contributed by atoms with E-state index in [9.17, 15) is 32.3 Å². The molecule has 9 nitrogen and oxygen atoms in total. The van der Waals surface area contributed by atoms with Gasteiger partial charge in [-0.1, -0.05) is 12.1 Å². The number of para-hydroxylation sites is 2. The lowest BCUT2D eigenvalue weighted by Crippen LogP contribution is -2.42. The summed E-state index contributed by atoms with van der Waals surface area (Å²) in [5.41, 5.74) is -0.0855. The first-order chi connectivity index (χ1) is 16.2. The second-order valence-corrected chi connectivity index (χ2v) is 7.17. The van der Waals surface area contributed by atoms with Gasteiger partial charge >= 0.3 is 5.97 Å². The standard InChI is InChI=1S/C22H20F3N3O6/c1-12(22(32)26-10-17(29)27-14-7-6-13(23)20(24)21(14)25)34-19(31)8-9-28-15-4-2-3-5-16(15)33-11-18(28)30/h2-7,12H,8-11H2,1H3,(H,26,32)(H,27,29)/t12-/m1/s1. The minimum Gasteiger partial charge on any atom is -0.482 e. The Morgan fingerprint density at radius 2 is 1.85 bits per heavy atom. The van der Waals surface area contributed by atoms with Crippen molar-refractivity contribution in [2.24, 2.45) is 0 Å². The van der Waals surface area contributed by atoms with Gasteiger partial charge in [0.25, 0.3) is 11.8 Å². The Morgan fingerprint density at radius 1 is 1.12 bits per heavy atom. The van der Waals surface area contributed by atoms with E-state index in [0.29, 0.717) is 17.5 Å². The molecule has 2 N–H and O–H groups in total. The van der Waals surface area contributed by atoms with Crippen LogP contribution in [0.4, 0.5) is 24.5 Å². The number of nitrogens with one attached hydrogen (secondary N) is 2. The van der Waals surface area contributed by atoms with Crippen LogP contribution in [0.25, 0.3) is 0 Å². The van der Waals surface area contributed by atoms with Crippen molar-refractivity contribution in [3.8, 4) is 5.75 Å². The Morgan fingerprint density at radius 3 is 2.62 bits per heavy atom. The fraction of sp³-hybridized carbons (Fsp3) is 0.273. The van der Waals surface area contributed by atoms with Crippen molar-refractivity contribution in [3.63, 3.8) is 0 Å². The Bertz CT molecular complexity index is 1130. The Hall–Kier alpha value is -4.09. The number of fused-ring (bicyclic) bond motifs is 1. The number of hydrogen-bond acceptors (Lipinski definition) is 6. The van der Waals surface area contributed by atoms with Gasteiger partial charge < -0.3 is 25.0 Å². The number of esters is 1. The van der Waals surface area contributed by atoms with Crippen LogP contribution in [0.1, 0.15) is 13.3 Å². The molecule has 0 unspecified atom stereocenters. The maximum Gasteiger partial charge on any atom is 0.308 e. The second-order valence-electron chi connectivity index (χ2n) is 7.17. The molecule has 0 saturated heterocycles. The summed E-state index contributed by atoms with van der Waals surface area (Å²) in [4.78, 5) is 49.6. The van der Waals surface area contributed by atoms with E-state index in [1.165, 1.54) is 11.8 Å². The van der Waals surface area contributed by atoms with Gasteiger partial charge in [-0.05, 0) is 31.2 Å². The molecule has 1 aliphatic rings. The topological polar surface area (TPSA) is 114 Å². The maximum atomic E-state index is 13.6. The minimum atomic E-state index is -1.75. The number of rotatable bonds is 8. The number of carbonyl (C=O) groups is 4. The van der Waals surface area contributed by atoms with Crippen LogP contribution in [0.3, 0.4) is 0 Å². The second kappa shape index (κ2) is 10.7. The molecule has 0 aliphatic carbocycles. The van der Waals surface area contributed by atoms with Gasteiger partial charge in [-0.2, -0.15) is 0 Å². The van der Waals surface area contributed by atoms with E-state index in [0.717, 1.165) is 6.07 Å². The highest BCUT2D eigenvalue weighted by molar-refractivity contribution is 5.98. The molecule has 3 rings (SSSR count).